The van der Waals surface area contributed by atoms with Crippen LogP contribution in [0.2, 0.25) is 0 Å². The SMILES string of the molecule is c1ccc(-c2ccc3c(c2)c2ccc(-c4ccc5sc6ccccc6c5c4)cc2n3-c2ccc3ccccc3c2)cc1. The zero-order valence-electron chi connectivity index (χ0n) is 22.8. The quantitative estimate of drug-likeness (QED) is 0.206. The predicted molar refractivity (Wildman–Crippen MR) is 182 cm³/mol. The molecule has 0 N–H and O–H groups in total. The van der Waals surface area contributed by atoms with E-state index in [1.165, 1.54) is 80.7 Å². The predicted octanol–water partition coefficient (Wildman–Crippen LogP) is 11.6. The van der Waals surface area contributed by atoms with Crippen molar-refractivity contribution in [2.75, 3.05) is 0 Å². The maximum Gasteiger partial charge on any atom is 0.0547 e. The molecular formula is C40H25NS. The summed E-state index contributed by atoms with van der Waals surface area (Å²) in [6.45, 7) is 0. The molecule has 0 unspecified atom stereocenters. The third kappa shape index (κ3) is 3.62. The van der Waals surface area contributed by atoms with Gasteiger partial charge in [0.25, 0.3) is 0 Å². The van der Waals surface area contributed by atoms with E-state index in [0.29, 0.717) is 0 Å². The Morgan fingerprint density at radius 2 is 1.05 bits per heavy atom. The molecule has 0 radical (unpaired) electrons. The van der Waals surface area contributed by atoms with Gasteiger partial charge in [0, 0.05) is 36.6 Å². The van der Waals surface area contributed by atoms with Crippen LogP contribution in [0.4, 0.5) is 0 Å². The van der Waals surface area contributed by atoms with E-state index >= 15 is 0 Å². The first-order valence-electron chi connectivity index (χ1n) is 14.3. The first kappa shape index (κ1) is 23.5. The molecule has 0 atom stereocenters. The van der Waals surface area contributed by atoms with E-state index in [9.17, 15) is 0 Å². The highest BCUT2D eigenvalue weighted by atomic mass is 32.1. The van der Waals surface area contributed by atoms with Crippen molar-refractivity contribution in [1.82, 2.24) is 4.57 Å². The molecule has 0 aliphatic carbocycles. The Kier molecular flexibility index (Phi) is 5.13. The molecule has 42 heavy (non-hydrogen) atoms. The summed E-state index contributed by atoms with van der Waals surface area (Å²) in [7, 11) is 0. The number of thiophene rings is 1. The van der Waals surface area contributed by atoms with Gasteiger partial charge in [0.1, 0.15) is 0 Å². The zero-order valence-corrected chi connectivity index (χ0v) is 23.6. The first-order chi connectivity index (χ1) is 20.8. The van der Waals surface area contributed by atoms with Gasteiger partial charge in [0.05, 0.1) is 11.0 Å². The molecule has 0 saturated heterocycles. The Labute approximate surface area is 247 Å². The van der Waals surface area contributed by atoms with Crippen LogP contribution in [-0.4, -0.2) is 4.57 Å². The van der Waals surface area contributed by atoms with Crippen molar-refractivity contribution >= 4 is 64.1 Å². The Balaban J connectivity index is 1.31. The largest absolute Gasteiger partial charge is 0.309 e. The number of aromatic nitrogens is 1. The number of nitrogens with zero attached hydrogens (tertiary/aromatic N) is 1. The molecule has 1 nitrogen and oxygen atoms in total. The Morgan fingerprint density at radius 1 is 0.357 bits per heavy atom. The molecule has 0 bridgehead atoms. The summed E-state index contributed by atoms with van der Waals surface area (Å²) in [5.74, 6) is 0. The number of hydrogen-bond acceptors (Lipinski definition) is 1. The van der Waals surface area contributed by atoms with Gasteiger partial charge in [-0.15, -0.1) is 11.3 Å². The average molecular weight is 552 g/mol. The van der Waals surface area contributed by atoms with Gasteiger partial charge in [-0.25, -0.2) is 0 Å². The van der Waals surface area contributed by atoms with Gasteiger partial charge < -0.3 is 4.57 Å². The van der Waals surface area contributed by atoms with E-state index in [0.717, 1.165) is 0 Å². The van der Waals surface area contributed by atoms with Gasteiger partial charge in [-0.05, 0) is 81.6 Å². The second kappa shape index (κ2) is 9.17. The first-order valence-corrected chi connectivity index (χ1v) is 15.2. The molecule has 0 spiro atoms. The summed E-state index contributed by atoms with van der Waals surface area (Å²) >= 11 is 1.87. The molecule has 0 fully saturated rings. The summed E-state index contributed by atoms with van der Waals surface area (Å²) in [6.07, 6.45) is 0. The molecule has 2 aromatic heterocycles. The van der Waals surface area contributed by atoms with Gasteiger partial charge in [-0.1, -0.05) is 103 Å². The molecule has 0 aliphatic heterocycles. The van der Waals surface area contributed by atoms with Crippen LogP contribution in [0.1, 0.15) is 0 Å². The molecule has 9 rings (SSSR count). The lowest BCUT2D eigenvalue weighted by Crippen LogP contribution is -1.94. The van der Waals surface area contributed by atoms with Crippen LogP contribution in [0, 0.1) is 0 Å². The van der Waals surface area contributed by atoms with Crippen molar-refractivity contribution in [1.29, 1.82) is 0 Å². The molecule has 0 aliphatic rings. The van der Waals surface area contributed by atoms with E-state index in [4.69, 9.17) is 0 Å². The Hall–Kier alpha value is -5.18. The van der Waals surface area contributed by atoms with Crippen molar-refractivity contribution in [2.24, 2.45) is 0 Å². The number of rotatable bonds is 3. The number of fused-ring (bicyclic) bond motifs is 7. The minimum Gasteiger partial charge on any atom is -0.309 e. The topological polar surface area (TPSA) is 4.93 Å². The maximum atomic E-state index is 2.44. The molecule has 196 valence electrons. The molecule has 0 saturated carbocycles. The Bertz CT molecular complexity index is 2460. The van der Waals surface area contributed by atoms with Crippen LogP contribution in [-0.2, 0) is 0 Å². The van der Waals surface area contributed by atoms with E-state index in [1.54, 1.807) is 0 Å². The summed E-state index contributed by atoms with van der Waals surface area (Å²) < 4.78 is 5.11. The van der Waals surface area contributed by atoms with Crippen LogP contribution in [0.25, 0.3) is 80.7 Å². The van der Waals surface area contributed by atoms with Gasteiger partial charge in [0.2, 0.25) is 0 Å². The highest BCUT2D eigenvalue weighted by Crippen LogP contribution is 2.40. The van der Waals surface area contributed by atoms with Crippen molar-refractivity contribution in [3.8, 4) is 27.9 Å². The summed E-state index contributed by atoms with van der Waals surface area (Å²) in [4.78, 5) is 0. The van der Waals surface area contributed by atoms with Crippen molar-refractivity contribution in [2.45, 2.75) is 0 Å². The van der Waals surface area contributed by atoms with E-state index in [2.05, 4.69) is 156 Å². The highest BCUT2D eigenvalue weighted by Gasteiger charge is 2.16. The fourth-order valence-corrected chi connectivity index (χ4v) is 7.60. The fraction of sp³-hybridized carbons (Fsp3) is 0. The van der Waals surface area contributed by atoms with Gasteiger partial charge in [0.15, 0.2) is 0 Å². The highest BCUT2D eigenvalue weighted by molar-refractivity contribution is 7.25. The molecule has 2 heterocycles. The standard InChI is InChI=1S/C40H25NS/c1-2-8-26(9-3-1)29-16-20-37-35(23-29)33-19-15-31(30-17-21-40-36(24-30)34-12-6-7-13-39(34)42-40)25-38(33)41(37)32-18-14-27-10-4-5-11-28(27)22-32/h1-25H. The average Bonchev–Trinajstić information content (AvgIpc) is 3.59. The van der Waals surface area contributed by atoms with E-state index < -0.39 is 0 Å². The van der Waals surface area contributed by atoms with Crippen molar-refractivity contribution < 1.29 is 0 Å². The molecule has 7 aromatic carbocycles. The van der Waals surface area contributed by atoms with Crippen LogP contribution in [0.5, 0.6) is 0 Å². The van der Waals surface area contributed by atoms with Crippen LogP contribution in [0.15, 0.2) is 152 Å². The van der Waals surface area contributed by atoms with Crippen LogP contribution in [0.3, 0.4) is 0 Å². The molecule has 0 amide bonds. The molecular weight excluding hydrogens is 527 g/mol. The Morgan fingerprint density at radius 3 is 1.98 bits per heavy atom. The van der Waals surface area contributed by atoms with E-state index in [1.807, 2.05) is 11.3 Å². The van der Waals surface area contributed by atoms with E-state index in [-0.39, 0.29) is 0 Å². The van der Waals surface area contributed by atoms with Gasteiger partial charge in [-0.3, -0.25) is 0 Å². The smallest absolute Gasteiger partial charge is 0.0547 e. The lowest BCUT2D eigenvalue weighted by molar-refractivity contribution is 1.19. The second-order valence-electron chi connectivity index (χ2n) is 11.0. The van der Waals surface area contributed by atoms with Crippen molar-refractivity contribution in [3.05, 3.63) is 152 Å². The summed E-state index contributed by atoms with van der Waals surface area (Å²) in [5.41, 5.74) is 8.56. The maximum absolute atomic E-state index is 2.44. The van der Waals surface area contributed by atoms with Gasteiger partial charge in [-0.2, -0.15) is 0 Å². The number of hydrogen-bond donors (Lipinski definition) is 0. The minimum atomic E-state index is 1.18. The van der Waals surface area contributed by atoms with Crippen molar-refractivity contribution in [3.63, 3.8) is 0 Å². The van der Waals surface area contributed by atoms with Crippen LogP contribution >= 0.6 is 11.3 Å². The fourth-order valence-electron chi connectivity index (χ4n) is 6.51. The third-order valence-corrected chi connectivity index (χ3v) is 9.73. The lowest BCUT2D eigenvalue weighted by atomic mass is 10.00. The van der Waals surface area contributed by atoms with Gasteiger partial charge >= 0.3 is 0 Å². The monoisotopic (exact) mass is 551 g/mol. The second-order valence-corrected chi connectivity index (χ2v) is 12.1. The summed E-state index contributed by atoms with van der Waals surface area (Å²) in [6, 6.07) is 55.6. The normalized spacial score (nSPS) is 11.8. The lowest BCUT2D eigenvalue weighted by Gasteiger charge is -2.11. The van der Waals surface area contributed by atoms with Crippen LogP contribution < -0.4 is 0 Å². The minimum absolute atomic E-state index is 1.18. The zero-order chi connectivity index (χ0) is 27.6. The number of benzene rings is 7. The summed E-state index contributed by atoms with van der Waals surface area (Å²) in [5, 5.41) is 7.70. The third-order valence-electron chi connectivity index (χ3n) is 8.57. The molecule has 2 heteroatoms. The molecule has 9 aromatic rings.